The van der Waals surface area contributed by atoms with Crippen molar-refractivity contribution in [3.8, 4) is 0 Å². The van der Waals surface area contributed by atoms with E-state index < -0.39 is 16.1 Å². The summed E-state index contributed by atoms with van der Waals surface area (Å²) in [5.74, 6) is -0.353. The average Bonchev–Trinajstić information content (AvgIpc) is 2.68. The summed E-state index contributed by atoms with van der Waals surface area (Å²) in [5, 5.41) is 2.81. The van der Waals surface area contributed by atoms with Gasteiger partial charge in [0, 0.05) is 13.2 Å². The van der Waals surface area contributed by atoms with Crippen LogP contribution in [0.15, 0.2) is 59.5 Å². The van der Waals surface area contributed by atoms with Crippen LogP contribution < -0.4 is 10.0 Å². The average molecular weight is 419 g/mol. The molecule has 0 aliphatic heterocycles. The van der Waals surface area contributed by atoms with E-state index in [1.165, 1.54) is 0 Å². The van der Waals surface area contributed by atoms with Crippen molar-refractivity contribution in [3.05, 3.63) is 65.7 Å². The van der Waals surface area contributed by atoms with Gasteiger partial charge in [0.05, 0.1) is 11.0 Å². The van der Waals surface area contributed by atoms with Gasteiger partial charge in [0.1, 0.15) is 6.04 Å². The number of rotatable bonds is 11. The van der Waals surface area contributed by atoms with Crippen LogP contribution in [0.25, 0.3) is 0 Å². The first kappa shape index (κ1) is 23.1. The largest absolute Gasteiger partial charge is 0.379 e. The van der Waals surface area contributed by atoms with Crippen molar-refractivity contribution in [2.24, 2.45) is 0 Å². The molecule has 0 heterocycles. The van der Waals surface area contributed by atoms with Gasteiger partial charge in [0.2, 0.25) is 15.9 Å². The molecular formula is C22H30N2O4S. The van der Waals surface area contributed by atoms with Gasteiger partial charge in [0.15, 0.2) is 0 Å². The summed E-state index contributed by atoms with van der Waals surface area (Å²) in [6.45, 7) is 6.75. The van der Waals surface area contributed by atoms with Crippen LogP contribution in [0.4, 0.5) is 0 Å². The Morgan fingerprint density at radius 3 is 2.31 bits per heavy atom. The van der Waals surface area contributed by atoms with Gasteiger partial charge in [-0.05, 0) is 51.3 Å². The second kappa shape index (κ2) is 11.1. The summed E-state index contributed by atoms with van der Waals surface area (Å²) < 4.78 is 33.6. The van der Waals surface area contributed by atoms with E-state index >= 15 is 0 Å². The van der Waals surface area contributed by atoms with Crippen LogP contribution in [0.5, 0.6) is 0 Å². The SMILES string of the molecule is Cc1ccc(S(=O)(=O)NC(Cc2ccccc2)C(=O)NCCCOC(C)C)cc1. The Bertz CT molecular complexity index is 865. The minimum Gasteiger partial charge on any atom is -0.379 e. The Kier molecular flexibility index (Phi) is 8.82. The zero-order valence-corrected chi connectivity index (χ0v) is 18.0. The van der Waals surface area contributed by atoms with E-state index in [0.29, 0.717) is 19.6 Å². The van der Waals surface area contributed by atoms with Gasteiger partial charge in [-0.1, -0.05) is 48.0 Å². The molecule has 0 bridgehead atoms. The van der Waals surface area contributed by atoms with E-state index in [4.69, 9.17) is 4.74 Å². The molecule has 0 spiro atoms. The van der Waals surface area contributed by atoms with Crippen LogP contribution in [0.3, 0.4) is 0 Å². The van der Waals surface area contributed by atoms with Crippen LogP contribution in [0.1, 0.15) is 31.4 Å². The van der Waals surface area contributed by atoms with E-state index in [1.807, 2.05) is 51.1 Å². The molecule has 29 heavy (non-hydrogen) atoms. The second-order valence-electron chi connectivity index (χ2n) is 7.24. The number of ether oxygens (including phenoxy) is 1. The number of amides is 1. The van der Waals surface area contributed by atoms with Crippen LogP contribution in [0.2, 0.25) is 0 Å². The lowest BCUT2D eigenvalue weighted by Crippen LogP contribution is -2.48. The summed E-state index contributed by atoms with van der Waals surface area (Å²) in [6.07, 6.45) is 1.06. The molecule has 0 aromatic heterocycles. The van der Waals surface area contributed by atoms with Gasteiger partial charge in [-0.2, -0.15) is 4.72 Å². The zero-order chi connectivity index (χ0) is 21.3. The lowest BCUT2D eigenvalue weighted by atomic mass is 10.1. The Hall–Kier alpha value is -2.22. The quantitative estimate of drug-likeness (QED) is 0.550. The van der Waals surface area contributed by atoms with E-state index in [2.05, 4.69) is 10.0 Å². The fraction of sp³-hybridized carbons (Fsp3) is 0.409. The smallest absolute Gasteiger partial charge is 0.241 e. The Morgan fingerprint density at radius 2 is 1.69 bits per heavy atom. The Morgan fingerprint density at radius 1 is 1.03 bits per heavy atom. The molecule has 1 amide bonds. The van der Waals surface area contributed by atoms with Gasteiger partial charge in [-0.15, -0.1) is 0 Å². The van der Waals surface area contributed by atoms with Crippen LogP contribution >= 0.6 is 0 Å². The molecule has 158 valence electrons. The molecule has 2 aromatic rings. The number of hydrogen-bond donors (Lipinski definition) is 2. The van der Waals surface area contributed by atoms with Gasteiger partial charge in [0.25, 0.3) is 0 Å². The molecule has 0 aliphatic rings. The highest BCUT2D eigenvalue weighted by molar-refractivity contribution is 7.89. The minimum absolute atomic E-state index is 0.137. The number of aryl methyl sites for hydroxylation is 1. The van der Waals surface area contributed by atoms with Gasteiger partial charge in [-0.25, -0.2) is 8.42 Å². The monoisotopic (exact) mass is 418 g/mol. The molecule has 1 unspecified atom stereocenters. The van der Waals surface area contributed by atoms with Gasteiger partial charge < -0.3 is 10.1 Å². The third-order valence-electron chi connectivity index (χ3n) is 4.30. The third kappa shape index (κ3) is 7.97. The summed E-state index contributed by atoms with van der Waals surface area (Å²) in [7, 11) is -3.82. The molecule has 6 nitrogen and oxygen atoms in total. The molecule has 2 rings (SSSR count). The van der Waals surface area contributed by atoms with E-state index in [0.717, 1.165) is 11.1 Å². The molecule has 1 atom stereocenters. The Labute approximate surface area is 173 Å². The van der Waals surface area contributed by atoms with Crippen molar-refractivity contribution in [1.82, 2.24) is 10.0 Å². The van der Waals surface area contributed by atoms with Crippen LogP contribution in [-0.4, -0.2) is 39.6 Å². The maximum atomic E-state index is 12.8. The van der Waals surface area contributed by atoms with Crippen molar-refractivity contribution in [1.29, 1.82) is 0 Å². The maximum absolute atomic E-state index is 12.8. The number of sulfonamides is 1. The zero-order valence-electron chi connectivity index (χ0n) is 17.2. The third-order valence-corrected chi connectivity index (χ3v) is 5.79. The normalized spacial score (nSPS) is 12.7. The first-order valence-electron chi connectivity index (χ1n) is 9.80. The number of nitrogens with one attached hydrogen (secondary N) is 2. The highest BCUT2D eigenvalue weighted by atomic mass is 32.2. The Balaban J connectivity index is 2.08. The van der Waals surface area contributed by atoms with Crippen LogP contribution in [0, 0.1) is 6.92 Å². The highest BCUT2D eigenvalue weighted by Gasteiger charge is 2.25. The van der Waals surface area contributed by atoms with E-state index in [1.54, 1.807) is 24.3 Å². The summed E-state index contributed by atoms with van der Waals surface area (Å²) >= 11 is 0. The molecule has 0 saturated heterocycles. The van der Waals surface area contributed by atoms with Gasteiger partial charge in [-0.3, -0.25) is 4.79 Å². The standard InChI is InChI=1S/C22H30N2O4S/c1-17(2)28-15-7-14-23-22(25)21(16-19-8-5-4-6-9-19)24-29(26,27)20-12-10-18(3)11-13-20/h4-6,8-13,17,21,24H,7,14-16H2,1-3H3,(H,23,25). The molecule has 2 N–H and O–H groups in total. The number of benzene rings is 2. The van der Waals surface area contributed by atoms with Crippen molar-refractivity contribution in [3.63, 3.8) is 0 Å². The lowest BCUT2D eigenvalue weighted by Gasteiger charge is -2.19. The molecule has 7 heteroatoms. The fourth-order valence-electron chi connectivity index (χ4n) is 2.74. The summed E-state index contributed by atoms with van der Waals surface area (Å²) in [4.78, 5) is 12.9. The van der Waals surface area contributed by atoms with E-state index in [-0.39, 0.29) is 23.3 Å². The minimum atomic E-state index is -3.82. The molecule has 2 aromatic carbocycles. The van der Waals surface area contributed by atoms with Crippen molar-refractivity contribution >= 4 is 15.9 Å². The van der Waals surface area contributed by atoms with Crippen molar-refractivity contribution < 1.29 is 17.9 Å². The predicted octanol–water partition coefficient (Wildman–Crippen LogP) is 2.82. The number of carbonyl (C=O) groups is 1. The molecule has 0 aliphatic carbocycles. The molecule has 0 saturated carbocycles. The number of hydrogen-bond acceptors (Lipinski definition) is 4. The number of carbonyl (C=O) groups excluding carboxylic acids is 1. The summed E-state index contributed by atoms with van der Waals surface area (Å²) in [6, 6.07) is 15.0. The maximum Gasteiger partial charge on any atom is 0.241 e. The molecular weight excluding hydrogens is 388 g/mol. The van der Waals surface area contributed by atoms with Crippen LogP contribution in [-0.2, 0) is 26.0 Å². The van der Waals surface area contributed by atoms with Crippen molar-refractivity contribution in [2.45, 2.75) is 50.7 Å². The first-order chi connectivity index (χ1) is 13.8. The van der Waals surface area contributed by atoms with Gasteiger partial charge >= 0.3 is 0 Å². The molecule has 0 radical (unpaired) electrons. The molecule has 0 fully saturated rings. The highest BCUT2D eigenvalue weighted by Crippen LogP contribution is 2.12. The van der Waals surface area contributed by atoms with Crippen molar-refractivity contribution in [2.75, 3.05) is 13.2 Å². The second-order valence-corrected chi connectivity index (χ2v) is 8.95. The first-order valence-corrected chi connectivity index (χ1v) is 11.3. The lowest BCUT2D eigenvalue weighted by molar-refractivity contribution is -0.122. The predicted molar refractivity (Wildman–Crippen MR) is 114 cm³/mol. The summed E-state index contributed by atoms with van der Waals surface area (Å²) in [5.41, 5.74) is 1.84. The van der Waals surface area contributed by atoms with E-state index in [9.17, 15) is 13.2 Å². The fourth-order valence-corrected chi connectivity index (χ4v) is 3.93. The topological polar surface area (TPSA) is 84.5 Å².